The number of ketones is 2. The predicted octanol–water partition coefficient (Wildman–Crippen LogP) is -11.3. The zero-order valence-electron chi connectivity index (χ0n) is 12.1. The molecule has 0 aliphatic heterocycles. The Hall–Kier alpha value is 2.82. The summed E-state index contributed by atoms with van der Waals surface area (Å²) in [4.78, 5) is 20.6. The van der Waals surface area contributed by atoms with Gasteiger partial charge in [-0.1, -0.05) is 0 Å². The number of hydrogen-bond acceptors (Lipinski definition) is 2. The van der Waals surface area contributed by atoms with Crippen molar-refractivity contribution in [3.63, 3.8) is 0 Å². The van der Waals surface area contributed by atoms with Gasteiger partial charge >= 0.3 is 118 Å². The van der Waals surface area contributed by atoms with E-state index < -0.39 is 0 Å². The van der Waals surface area contributed by atoms with Gasteiger partial charge in [-0.3, -0.25) is 9.59 Å². The predicted molar refractivity (Wildman–Crippen MR) is 32.7 cm³/mol. The van der Waals surface area contributed by atoms with Crippen LogP contribution in [0.3, 0.4) is 0 Å². The van der Waals surface area contributed by atoms with Gasteiger partial charge in [-0.2, -0.15) is 0 Å². The Balaban J connectivity index is -0.0000000133. The molecule has 0 aromatic rings. The average molecular weight is 204 g/mol. The van der Waals surface area contributed by atoms with Crippen LogP contribution in [-0.4, -0.2) is 11.6 Å². The van der Waals surface area contributed by atoms with Gasteiger partial charge in [-0.25, -0.2) is 0 Å². The van der Waals surface area contributed by atoms with Crippen molar-refractivity contribution in [2.45, 2.75) is 0 Å². The van der Waals surface area contributed by atoms with E-state index in [1.165, 1.54) is 24.3 Å². The summed E-state index contributed by atoms with van der Waals surface area (Å²) in [5.74, 6) is -0.241. The standard InChI is InChI=1S/C6H4O2.4Na.4H/c7-5-1-2-6(8)4-3-5;;;;;;;;/h1-4H;;;;;;;;/q;4*+1;4*-1. The van der Waals surface area contributed by atoms with Crippen molar-refractivity contribution in [1.82, 2.24) is 0 Å². The van der Waals surface area contributed by atoms with Gasteiger partial charge in [0.05, 0.1) is 0 Å². The van der Waals surface area contributed by atoms with E-state index in [0.29, 0.717) is 0 Å². The van der Waals surface area contributed by atoms with E-state index in [4.69, 9.17) is 0 Å². The maximum Gasteiger partial charge on any atom is 1.00 e. The molecule has 6 heteroatoms. The maximum absolute atomic E-state index is 10.3. The molecule has 0 spiro atoms. The minimum Gasteiger partial charge on any atom is -1.00 e. The Morgan fingerprint density at radius 1 is 0.667 bits per heavy atom. The van der Waals surface area contributed by atoms with E-state index in [2.05, 4.69) is 0 Å². The first-order valence-corrected chi connectivity index (χ1v) is 2.23. The zero-order valence-corrected chi connectivity index (χ0v) is 16.1. The molecule has 0 unspecified atom stereocenters. The van der Waals surface area contributed by atoms with Gasteiger partial charge in [0.25, 0.3) is 0 Å². The molecule has 0 heterocycles. The molecule has 2 nitrogen and oxygen atoms in total. The molecule has 0 saturated carbocycles. The SMILES string of the molecule is O=C1C=CC(=O)C=C1.[H-].[H-].[H-].[H-].[Na+].[Na+].[Na+].[Na+]. The molecule has 12 heavy (non-hydrogen) atoms. The van der Waals surface area contributed by atoms with E-state index in [1.54, 1.807) is 0 Å². The third-order valence-corrected chi connectivity index (χ3v) is 0.824. The van der Waals surface area contributed by atoms with Crippen LogP contribution < -0.4 is 118 Å². The Kier molecular flexibility index (Phi) is 27.8. The Labute approximate surface area is 166 Å². The van der Waals surface area contributed by atoms with Crippen molar-refractivity contribution in [2.24, 2.45) is 0 Å². The smallest absolute Gasteiger partial charge is 1.00 e. The maximum atomic E-state index is 10.3. The molecular weight excluding hydrogens is 196 g/mol. The summed E-state index contributed by atoms with van der Waals surface area (Å²) in [6.07, 6.45) is 5.01. The third kappa shape index (κ3) is 10.9. The summed E-state index contributed by atoms with van der Waals surface area (Å²) in [6, 6.07) is 0. The first kappa shape index (κ1) is 24.2. The number of carbonyl (C=O) groups is 2. The first-order chi connectivity index (χ1) is 3.79. The van der Waals surface area contributed by atoms with E-state index in [-0.39, 0.29) is 136 Å². The summed E-state index contributed by atoms with van der Waals surface area (Å²) in [7, 11) is 0. The van der Waals surface area contributed by atoms with Gasteiger partial charge in [0.15, 0.2) is 11.6 Å². The van der Waals surface area contributed by atoms with Crippen LogP contribution in [0.2, 0.25) is 0 Å². The summed E-state index contributed by atoms with van der Waals surface area (Å²) in [6.45, 7) is 0. The van der Waals surface area contributed by atoms with Gasteiger partial charge in [-0.05, 0) is 24.3 Å². The minimum absolute atomic E-state index is 0. The van der Waals surface area contributed by atoms with Crippen LogP contribution in [0.5, 0.6) is 0 Å². The molecule has 0 aromatic heterocycles. The fourth-order valence-electron chi connectivity index (χ4n) is 0.440. The van der Waals surface area contributed by atoms with Crippen molar-refractivity contribution in [1.29, 1.82) is 0 Å². The molecule has 0 atom stereocenters. The van der Waals surface area contributed by atoms with E-state index in [0.717, 1.165) is 0 Å². The molecule has 1 aliphatic rings. The second kappa shape index (κ2) is 13.8. The van der Waals surface area contributed by atoms with Gasteiger partial charge in [0.1, 0.15) is 0 Å². The second-order valence-corrected chi connectivity index (χ2v) is 1.47. The Bertz CT molecular complexity index is 173. The largest absolute Gasteiger partial charge is 1.00 e. The minimum atomic E-state index is -0.121. The molecule has 1 rings (SSSR count). The molecule has 1 aliphatic carbocycles. The van der Waals surface area contributed by atoms with Gasteiger partial charge in [0.2, 0.25) is 0 Å². The third-order valence-electron chi connectivity index (χ3n) is 0.824. The molecule has 0 saturated heterocycles. The second-order valence-electron chi connectivity index (χ2n) is 1.47. The fourth-order valence-corrected chi connectivity index (χ4v) is 0.440. The molecule has 0 radical (unpaired) electrons. The van der Waals surface area contributed by atoms with Gasteiger partial charge in [0, 0.05) is 0 Å². The Morgan fingerprint density at radius 3 is 1.00 bits per heavy atom. The van der Waals surface area contributed by atoms with Crippen LogP contribution in [0.1, 0.15) is 5.71 Å². The van der Waals surface area contributed by atoms with Crippen LogP contribution in [0.4, 0.5) is 0 Å². The molecule has 0 N–H and O–H groups in total. The summed E-state index contributed by atoms with van der Waals surface area (Å²) in [5.41, 5.74) is 0. The summed E-state index contributed by atoms with van der Waals surface area (Å²) >= 11 is 0. The van der Waals surface area contributed by atoms with Crippen molar-refractivity contribution >= 4 is 11.6 Å². The zero-order chi connectivity index (χ0) is 5.98. The van der Waals surface area contributed by atoms with Crippen molar-refractivity contribution in [2.75, 3.05) is 0 Å². The van der Waals surface area contributed by atoms with Crippen molar-refractivity contribution in [3.8, 4) is 0 Å². The van der Waals surface area contributed by atoms with Crippen molar-refractivity contribution < 1.29 is 134 Å². The van der Waals surface area contributed by atoms with Crippen LogP contribution in [0.15, 0.2) is 24.3 Å². The summed E-state index contributed by atoms with van der Waals surface area (Å²) < 4.78 is 0. The van der Waals surface area contributed by atoms with Crippen LogP contribution in [-0.2, 0) is 9.59 Å². The molecule has 0 aromatic carbocycles. The average Bonchev–Trinajstić information content (AvgIpc) is 1.77. The van der Waals surface area contributed by atoms with Crippen molar-refractivity contribution in [3.05, 3.63) is 24.3 Å². The normalized spacial score (nSPS) is 11.7. The van der Waals surface area contributed by atoms with Crippen LogP contribution in [0, 0.1) is 0 Å². The summed E-state index contributed by atoms with van der Waals surface area (Å²) in [5, 5.41) is 0. The molecule has 0 amide bonds. The molecule has 0 bridgehead atoms. The number of rotatable bonds is 0. The van der Waals surface area contributed by atoms with Crippen LogP contribution >= 0.6 is 0 Å². The van der Waals surface area contributed by atoms with E-state index in [1.807, 2.05) is 0 Å². The number of carbonyl (C=O) groups excluding carboxylic acids is 2. The van der Waals surface area contributed by atoms with E-state index in [9.17, 15) is 9.59 Å². The molecule has 0 fully saturated rings. The fraction of sp³-hybridized carbons (Fsp3) is 0. The van der Waals surface area contributed by atoms with E-state index >= 15 is 0 Å². The topological polar surface area (TPSA) is 34.1 Å². The van der Waals surface area contributed by atoms with Gasteiger partial charge in [-0.15, -0.1) is 0 Å². The number of allylic oxidation sites excluding steroid dienone is 4. The molecule has 48 valence electrons. The first-order valence-electron chi connectivity index (χ1n) is 2.23. The molecular formula is C6H8Na4O2. The van der Waals surface area contributed by atoms with Crippen LogP contribution in [0.25, 0.3) is 0 Å². The monoisotopic (exact) mass is 204 g/mol. The Morgan fingerprint density at radius 2 is 0.833 bits per heavy atom. The van der Waals surface area contributed by atoms with Gasteiger partial charge < -0.3 is 5.71 Å². The number of hydrogen-bond donors (Lipinski definition) is 0. The quantitative estimate of drug-likeness (QED) is 0.290.